The van der Waals surface area contributed by atoms with E-state index in [1.165, 1.54) is 11.4 Å². The SMILES string of the molecule is COc1ccccc1N(CCNC(=O)c1ccc(C)c(C)c1)S(C)(=O)=O. The summed E-state index contributed by atoms with van der Waals surface area (Å²) in [5.41, 5.74) is 3.14. The average Bonchev–Trinajstić information content (AvgIpc) is 2.59. The fourth-order valence-electron chi connectivity index (χ4n) is 2.56. The maximum absolute atomic E-state index is 12.3. The summed E-state index contributed by atoms with van der Waals surface area (Å²) in [6.45, 7) is 4.21. The number of benzene rings is 2. The van der Waals surface area contributed by atoms with Gasteiger partial charge in [0.05, 0.1) is 25.6 Å². The molecule has 2 aromatic carbocycles. The van der Waals surface area contributed by atoms with Crippen molar-refractivity contribution >= 4 is 21.6 Å². The summed E-state index contributed by atoms with van der Waals surface area (Å²) >= 11 is 0. The van der Waals surface area contributed by atoms with E-state index in [0.29, 0.717) is 17.0 Å². The summed E-state index contributed by atoms with van der Waals surface area (Å²) in [5, 5.41) is 2.77. The van der Waals surface area contributed by atoms with Crippen LogP contribution < -0.4 is 14.4 Å². The zero-order valence-corrected chi connectivity index (χ0v) is 16.3. The number of rotatable bonds is 7. The molecule has 26 heavy (non-hydrogen) atoms. The van der Waals surface area contributed by atoms with E-state index in [1.807, 2.05) is 26.0 Å². The van der Waals surface area contributed by atoms with Gasteiger partial charge in [0, 0.05) is 12.1 Å². The zero-order chi connectivity index (χ0) is 19.3. The molecule has 0 spiro atoms. The first-order valence-electron chi connectivity index (χ1n) is 8.20. The number of nitrogens with one attached hydrogen (secondary N) is 1. The maximum Gasteiger partial charge on any atom is 0.251 e. The van der Waals surface area contributed by atoms with Gasteiger partial charge in [0.2, 0.25) is 10.0 Å². The topological polar surface area (TPSA) is 75.7 Å². The molecule has 0 saturated carbocycles. The molecule has 0 radical (unpaired) electrons. The van der Waals surface area contributed by atoms with Crippen molar-refractivity contribution in [3.8, 4) is 5.75 Å². The first-order valence-corrected chi connectivity index (χ1v) is 10.0. The number of methoxy groups -OCH3 is 1. The minimum Gasteiger partial charge on any atom is -0.495 e. The van der Waals surface area contributed by atoms with Crippen LogP contribution in [0.25, 0.3) is 0 Å². The fourth-order valence-corrected chi connectivity index (χ4v) is 3.49. The van der Waals surface area contributed by atoms with Gasteiger partial charge < -0.3 is 10.1 Å². The van der Waals surface area contributed by atoms with E-state index in [2.05, 4.69) is 5.32 Å². The number of hydrogen-bond donors (Lipinski definition) is 1. The molecule has 0 aliphatic rings. The van der Waals surface area contributed by atoms with Crippen LogP contribution in [-0.2, 0) is 10.0 Å². The summed E-state index contributed by atoms with van der Waals surface area (Å²) in [6, 6.07) is 12.3. The number of aryl methyl sites for hydroxylation is 2. The second-order valence-corrected chi connectivity index (χ2v) is 7.97. The predicted molar refractivity (Wildman–Crippen MR) is 103 cm³/mol. The Morgan fingerprint density at radius 1 is 1.12 bits per heavy atom. The van der Waals surface area contributed by atoms with Crippen molar-refractivity contribution in [3.05, 3.63) is 59.2 Å². The van der Waals surface area contributed by atoms with Gasteiger partial charge in [-0.3, -0.25) is 9.10 Å². The number of amides is 1. The molecule has 0 atom stereocenters. The average molecular weight is 376 g/mol. The van der Waals surface area contributed by atoms with Crippen LogP contribution in [0.5, 0.6) is 5.75 Å². The Kier molecular flexibility index (Phi) is 6.26. The molecule has 0 aromatic heterocycles. The van der Waals surface area contributed by atoms with Gasteiger partial charge >= 0.3 is 0 Å². The van der Waals surface area contributed by atoms with E-state index in [1.54, 1.807) is 30.3 Å². The van der Waals surface area contributed by atoms with Crippen molar-refractivity contribution in [2.24, 2.45) is 0 Å². The first kappa shape index (κ1) is 19.8. The molecule has 2 rings (SSSR count). The quantitative estimate of drug-likeness (QED) is 0.806. The Morgan fingerprint density at radius 3 is 2.42 bits per heavy atom. The van der Waals surface area contributed by atoms with E-state index < -0.39 is 10.0 Å². The third kappa shape index (κ3) is 4.76. The van der Waals surface area contributed by atoms with Gasteiger partial charge in [0.15, 0.2) is 0 Å². The molecule has 0 bridgehead atoms. The van der Waals surface area contributed by atoms with Gasteiger partial charge in [-0.05, 0) is 49.2 Å². The third-order valence-electron chi connectivity index (χ3n) is 4.12. The normalized spacial score (nSPS) is 11.1. The molecule has 1 N–H and O–H groups in total. The van der Waals surface area contributed by atoms with Gasteiger partial charge in [0.1, 0.15) is 5.75 Å². The molecular formula is C19H24N2O4S. The van der Waals surface area contributed by atoms with Gasteiger partial charge in [-0.2, -0.15) is 0 Å². The van der Waals surface area contributed by atoms with Crippen LogP contribution in [0.3, 0.4) is 0 Å². The number of hydrogen-bond acceptors (Lipinski definition) is 4. The Bertz CT molecular complexity index is 894. The molecule has 6 nitrogen and oxygen atoms in total. The molecule has 0 fully saturated rings. The number of anilines is 1. The molecule has 1 amide bonds. The van der Waals surface area contributed by atoms with Crippen LogP contribution in [-0.4, -0.2) is 40.8 Å². The summed E-state index contributed by atoms with van der Waals surface area (Å²) in [7, 11) is -2.04. The lowest BCUT2D eigenvalue weighted by Crippen LogP contribution is -2.38. The van der Waals surface area contributed by atoms with Crippen LogP contribution in [0.4, 0.5) is 5.69 Å². The van der Waals surface area contributed by atoms with Gasteiger partial charge in [-0.15, -0.1) is 0 Å². The van der Waals surface area contributed by atoms with Crippen LogP contribution in [0.1, 0.15) is 21.5 Å². The van der Waals surface area contributed by atoms with Crippen molar-refractivity contribution in [2.45, 2.75) is 13.8 Å². The van der Waals surface area contributed by atoms with Crippen LogP contribution in [0.2, 0.25) is 0 Å². The molecular weight excluding hydrogens is 352 g/mol. The Morgan fingerprint density at radius 2 is 1.81 bits per heavy atom. The Labute approximate surface area is 154 Å². The maximum atomic E-state index is 12.3. The Balaban J connectivity index is 2.11. The minimum atomic E-state index is -3.52. The molecule has 0 unspecified atom stereocenters. The van der Waals surface area contributed by atoms with Gasteiger partial charge in [0.25, 0.3) is 5.91 Å². The number of carbonyl (C=O) groups is 1. The number of para-hydroxylation sites is 2. The lowest BCUT2D eigenvalue weighted by Gasteiger charge is -2.24. The van der Waals surface area contributed by atoms with E-state index >= 15 is 0 Å². The second kappa shape index (κ2) is 8.23. The highest BCUT2D eigenvalue weighted by Crippen LogP contribution is 2.29. The van der Waals surface area contributed by atoms with E-state index in [0.717, 1.165) is 17.4 Å². The highest BCUT2D eigenvalue weighted by atomic mass is 32.2. The minimum absolute atomic E-state index is 0.107. The number of carbonyl (C=O) groups excluding carboxylic acids is 1. The zero-order valence-electron chi connectivity index (χ0n) is 15.4. The van der Waals surface area contributed by atoms with Crippen molar-refractivity contribution in [3.63, 3.8) is 0 Å². The molecule has 0 saturated heterocycles. The lowest BCUT2D eigenvalue weighted by atomic mass is 10.1. The van der Waals surface area contributed by atoms with E-state index in [4.69, 9.17) is 4.74 Å². The van der Waals surface area contributed by atoms with Gasteiger partial charge in [-0.1, -0.05) is 18.2 Å². The molecule has 140 valence electrons. The summed E-state index contributed by atoms with van der Waals surface area (Å²) in [6.07, 6.45) is 1.13. The van der Waals surface area contributed by atoms with Gasteiger partial charge in [-0.25, -0.2) is 8.42 Å². The fraction of sp³-hybridized carbons (Fsp3) is 0.316. The molecule has 7 heteroatoms. The van der Waals surface area contributed by atoms with Crippen molar-refractivity contribution in [2.75, 3.05) is 30.8 Å². The molecule has 2 aromatic rings. The lowest BCUT2D eigenvalue weighted by molar-refractivity contribution is 0.0954. The Hall–Kier alpha value is -2.54. The van der Waals surface area contributed by atoms with E-state index in [9.17, 15) is 13.2 Å². The summed E-state index contributed by atoms with van der Waals surface area (Å²) in [4.78, 5) is 12.3. The monoisotopic (exact) mass is 376 g/mol. The highest BCUT2D eigenvalue weighted by molar-refractivity contribution is 7.92. The largest absolute Gasteiger partial charge is 0.495 e. The van der Waals surface area contributed by atoms with Crippen molar-refractivity contribution in [1.29, 1.82) is 0 Å². The number of ether oxygens (including phenoxy) is 1. The smallest absolute Gasteiger partial charge is 0.251 e. The number of nitrogens with zero attached hydrogens (tertiary/aromatic N) is 1. The first-order chi connectivity index (χ1) is 12.2. The third-order valence-corrected chi connectivity index (χ3v) is 5.30. The summed E-state index contributed by atoms with van der Waals surface area (Å²) in [5.74, 6) is 0.222. The van der Waals surface area contributed by atoms with Crippen LogP contribution in [0.15, 0.2) is 42.5 Å². The van der Waals surface area contributed by atoms with Crippen molar-refractivity contribution < 1.29 is 17.9 Å². The predicted octanol–water partition coefficient (Wildman–Crippen LogP) is 2.51. The highest BCUT2D eigenvalue weighted by Gasteiger charge is 2.20. The summed E-state index contributed by atoms with van der Waals surface area (Å²) < 4.78 is 30.8. The number of sulfonamides is 1. The molecule has 0 aliphatic carbocycles. The van der Waals surface area contributed by atoms with Crippen molar-refractivity contribution in [1.82, 2.24) is 5.32 Å². The van der Waals surface area contributed by atoms with Crippen LogP contribution in [0, 0.1) is 13.8 Å². The molecule has 0 aliphatic heterocycles. The standard InChI is InChI=1S/C19H24N2O4S/c1-14-9-10-16(13-15(14)2)19(22)20-11-12-21(26(4,23)24)17-7-5-6-8-18(17)25-3/h5-10,13H,11-12H2,1-4H3,(H,20,22). The van der Waals surface area contributed by atoms with Crippen LogP contribution >= 0.6 is 0 Å². The van der Waals surface area contributed by atoms with E-state index in [-0.39, 0.29) is 19.0 Å². The molecule has 0 heterocycles. The second-order valence-electron chi connectivity index (χ2n) is 6.06.